The van der Waals surface area contributed by atoms with Crippen LogP contribution < -0.4 is 10.6 Å². The van der Waals surface area contributed by atoms with Crippen molar-refractivity contribution in [2.75, 3.05) is 10.6 Å². The fraction of sp³-hybridized carbons (Fsp3) is 0. The summed E-state index contributed by atoms with van der Waals surface area (Å²) in [5, 5.41) is 13.7. The zero-order valence-electron chi connectivity index (χ0n) is 14.9. The Labute approximate surface area is 170 Å². The normalized spacial score (nSPS) is 10.6. The van der Waals surface area contributed by atoms with Gasteiger partial charge in [-0.05, 0) is 48.5 Å². The highest BCUT2D eigenvalue weighted by Gasteiger charge is 2.15. The lowest BCUT2D eigenvalue weighted by Crippen LogP contribution is -2.19. The van der Waals surface area contributed by atoms with Crippen LogP contribution in [0.5, 0.6) is 0 Å². The van der Waals surface area contributed by atoms with Crippen LogP contribution >= 0.6 is 11.6 Å². The van der Waals surface area contributed by atoms with Crippen LogP contribution in [0.25, 0.3) is 22.9 Å². The van der Waals surface area contributed by atoms with Crippen LogP contribution in [0.15, 0.2) is 77.2 Å². The predicted molar refractivity (Wildman–Crippen MR) is 109 cm³/mol. The molecule has 0 saturated heterocycles. The summed E-state index contributed by atoms with van der Waals surface area (Å²) >= 11 is 5.90. The van der Waals surface area contributed by atoms with Gasteiger partial charge in [0.05, 0.1) is 5.56 Å². The first-order valence-corrected chi connectivity index (χ1v) is 8.99. The van der Waals surface area contributed by atoms with Gasteiger partial charge in [0.1, 0.15) is 5.82 Å². The van der Waals surface area contributed by atoms with E-state index in [1.165, 1.54) is 18.2 Å². The first-order chi connectivity index (χ1) is 14.1. The maximum Gasteiger partial charge on any atom is 0.323 e. The number of anilines is 2. The molecule has 1 aromatic heterocycles. The van der Waals surface area contributed by atoms with Crippen molar-refractivity contribution in [2.24, 2.45) is 0 Å². The molecule has 1 heterocycles. The number of rotatable bonds is 4. The Morgan fingerprint density at radius 3 is 2.34 bits per heavy atom. The topological polar surface area (TPSA) is 80.0 Å². The Morgan fingerprint density at radius 2 is 1.59 bits per heavy atom. The third kappa shape index (κ3) is 4.41. The smallest absolute Gasteiger partial charge is 0.323 e. The molecule has 0 atom stereocenters. The van der Waals surface area contributed by atoms with Gasteiger partial charge in [-0.15, -0.1) is 10.2 Å². The second-order valence-electron chi connectivity index (χ2n) is 6.06. The standard InChI is InChI=1S/C21H14ClFN4O2/c22-14-7-4-8-15(11-14)24-21(28)25-16-9-10-18(23)17(12-16)20-27-26-19(29-20)13-5-2-1-3-6-13/h1-12H,(H2,24,25,28). The summed E-state index contributed by atoms with van der Waals surface area (Å²) in [6.45, 7) is 0. The Kier molecular flexibility index (Phi) is 5.22. The van der Waals surface area contributed by atoms with E-state index in [1.54, 1.807) is 24.3 Å². The number of nitrogens with zero attached hydrogens (tertiary/aromatic N) is 2. The summed E-state index contributed by atoms with van der Waals surface area (Å²) in [5.74, 6) is -0.258. The van der Waals surface area contributed by atoms with E-state index in [9.17, 15) is 9.18 Å². The van der Waals surface area contributed by atoms with Crippen molar-refractivity contribution >= 4 is 29.0 Å². The van der Waals surface area contributed by atoms with Crippen molar-refractivity contribution in [1.82, 2.24) is 10.2 Å². The van der Waals surface area contributed by atoms with Crippen molar-refractivity contribution < 1.29 is 13.6 Å². The van der Waals surface area contributed by atoms with E-state index in [0.717, 1.165) is 5.56 Å². The van der Waals surface area contributed by atoms with Crippen molar-refractivity contribution in [2.45, 2.75) is 0 Å². The SMILES string of the molecule is O=C(Nc1cccc(Cl)c1)Nc1ccc(F)c(-c2nnc(-c3ccccc3)o2)c1. The van der Waals surface area contributed by atoms with Gasteiger partial charge < -0.3 is 15.1 Å². The number of hydrogen-bond acceptors (Lipinski definition) is 4. The zero-order chi connectivity index (χ0) is 20.2. The van der Waals surface area contributed by atoms with Crippen molar-refractivity contribution in [3.63, 3.8) is 0 Å². The van der Waals surface area contributed by atoms with Gasteiger partial charge in [0.15, 0.2) is 0 Å². The minimum Gasteiger partial charge on any atom is -0.416 e. The lowest BCUT2D eigenvalue weighted by atomic mass is 10.2. The summed E-state index contributed by atoms with van der Waals surface area (Å²) in [6, 6.07) is 19.5. The van der Waals surface area contributed by atoms with Gasteiger partial charge in [-0.2, -0.15) is 0 Å². The van der Waals surface area contributed by atoms with Crippen LogP contribution in [0, 0.1) is 5.82 Å². The van der Waals surface area contributed by atoms with Gasteiger partial charge in [0.2, 0.25) is 5.89 Å². The van der Waals surface area contributed by atoms with Gasteiger partial charge in [-0.3, -0.25) is 0 Å². The predicted octanol–water partition coefficient (Wildman–Crippen LogP) is 5.84. The number of nitrogens with one attached hydrogen (secondary N) is 2. The molecule has 8 heteroatoms. The molecule has 0 unspecified atom stereocenters. The average molecular weight is 409 g/mol. The Balaban J connectivity index is 1.53. The first kappa shape index (κ1) is 18.6. The molecule has 4 aromatic rings. The summed E-state index contributed by atoms with van der Waals surface area (Å²) in [5.41, 5.74) is 1.70. The number of urea groups is 1. The number of amides is 2. The van der Waals surface area contributed by atoms with E-state index in [-0.39, 0.29) is 17.3 Å². The van der Waals surface area contributed by atoms with Crippen LogP contribution in [0.1, 0.15) is 0 Å². The molecular formula is C21H14ClFN4O2. The van der Waals surface area contributed by atoms with Crippen LogP contribution in [0.2, 0.25) is 5.02 Å². The van der Waals surface area contributed by atoms with Gasteiger partial charge in [-0.1, -0.05) is 35.9 Å². The molecule has 0 fully saturated rings. The second kappa shape index (κ2) is 8.12. The molecule has 2 N–H and O–H groups in total. The average Bonchev–Trinajstić information content (AvgIpc) is 3.20. The fourth-order valence-electron chi connectivity index (χ4n) is 2.66. The monoisotopic (exact) mass is 408 g/mol. The lowest BCUT2D eigenvalue weighted by molar-refractivity contribution is 0.262. The molecule has 144 valence electrons. The van der Waals surface area contributed by atoms with Crippen LogP contribution in [0.3, 0.4) is 0 Å². The summed E-state index contributed by atoms with van der Waals surface area (Å²) in [6.07, 6.45) is 0. The van der Waals surface area contributed by atoms with Crippen molar-refractivity contribution in [1.29, 1.82) is 0 Å². The number of aromatic nitrogens is 2. The van der Waals surface area contributed by atoms with Gasteiger partial charge >= 0.3 is 6.03 Å². The number of halogens is 2. The third-order valence-electron chi connectivity index (χ3n) is 3.98. The van der Waals surface area contributed by atoms with Gasteiger partial charge in [0.25, 0.3) is 5.89 Å². The quantitative estimate of drug-likeness (QED) is 0.444. The zero-order valence-corrected chi connectivity index (χ0v) is 15.7. The molecule has 4 rings (SSSR count). The maximum atomic E-state index is 14.3. The van der Waals surface area contributed by atoms with E-state index in [1.807, 2.05) is 30.3 Å². The third-order valence-corrected chi connectivity index (χ3v) is 4.22. The molecule has 2 amide bonds. The van der Waals surface area contributed by atoms with Crippen LogP contribution in [0.4, 0.5) is 20.6 Å². The molecule has 0 aliphatic heterocycles. The first-order valence-electron chi connectivity index (χ1n) is 8.61. The Hall–Kier alpha value is -3.71. The number of benzene rings is 3. The number of hydrogen-bond donors (Lipinski definition) is 2. The highest BCUT2D eigenvalue weighted by molar-refractivity contribution is 6.30. The van der Waals surface area contributed by atoms with E-state index in [4.69, 9.17) is 16.0 Å². The fourth-order valence-corrected chi connectivity index (χ4v) is 2.85. The van der Waals surface area contributed by atoms with E-state index in [0.29, 0.717) is 16.4 Å². The Bertz CT molecular complexity index is 1160. The molecule has 0 saturated carbocycles. The largest absolute Gasteiger partial charge is 0.416 e. The molecule has 29 heavy (non-hydrogen) atoms. The lowest BCUT2D eigenvalue weighted by Gasteiger charge is -2.09. The molecule has 0 aliphatic rings. The van der Waals surface area contributed by atoms with E-state index in [2.05, 4.69) is 20.8 Å². The molecule has 3 aromatic carbocycles. The molecule has 0 aliphatic carbocycles. The second-order valence-corrected chi connectivity index (χ2v) is 6.50. The molecule has 0 spiro atoms. The summed E-state index contributed by atoms with van der Waals surface area (Å²) in [4.78, 5) is 12.2. The summed E-state index contributed by atoms with van der Waals surface area (Å²) < 4.78 is 19.9. The summed E-state index contributed by atoms with van der Waals surface area (Å²) in [7, 11) is 0. The van der Waals surface area contributed by atoms with Crippen molar-refractivity contribution in [3.05, 3.63) is 83.6 Å². The van der Waals surface area contributed by atoms with Crippen LogP contribution in [-0.2, 0) is 0 Å². The molecule has 0 radical (unpaired) electrons. The number of carbonyl (C=O) groups excluding carboxylic acids is 1. The highest BCUT2D eigenvalue weighted by Crippen LogP contribution is 2.28. The van der Waals surface area contributed by atoms with Gasteiger partial charge in [0, 0.05) is 22.0 Å². The number of carbonyl (C=O) groups is 1. The van der Waals surface area contributed by atoms with E-state index >= 15 is 0 Å². The van der Waals surface area contributed by atoms with Crippen molar-refractivity contribution in [3.8, 4) is 22.9 Å². The van der Waals surface area contributed by atoms with Gasteiger partial charge in [-0.25, -0.2) is 9.18 Å². The minimum absolute atomic E-state index is 0.0141. The Morgan fingerprint density at radius 1 is 0.862 bits per heavy atom. The van der Waals surface area contributed by atoms with E-state index < -0.39 is 11.8 Å². The maximum absolute atomic E-state index is 14.3. The molecule has 6 nitrogen and oxygen atoms in total. The minimum atomic E-state index is -0.547. The molecule has 0 bridgehead atoms. The van der Waals surface area contributed by atoms with Crippen LogP contribution in [-0.4, -0.2) is 16.2 Å². The highest BCUT2D eigenvalue weighted by atomic mass is 35.5. The molecular weight excluding hydrogens is 395 g/mol.